The molecule has 0 spiro atoms. The molecule has 0 heterocycles. The molecule has 0 saturated carbocycles. The van der Waals surface area contributed by atoms with E-state index in [0.29, 0.717) is 12.1 Å². The Hall–Kier alpha value is -1.18. The predicted octanol–water partition coefficient (Wildman–Crippen LogP) is 2.30. The van der Waals surface area contributed by atoms with Gasteiger partial charge in [-0.2, -0.15) is 13.2 Å². The van der Waals surface area contributed by atoms with Crippen molar-refractivity contribution in [3.63, 3.8) is 0 Å². The molecule has 0 unspecified atom stereocenters. The van der Waals surface area contributed by atoms with Gasteiger partial charge in [0, 0.05) is 0 Å². The molecule has 0 amide bonds. The Balaban J connectivity index is 3.24. The van der Waals surface area contributed by atoms with Crippen LogP contribution in [0.3, 0.4) is 0 Å². The molecule has 0 bridgehead atoms. The van der Waals surface area contributed by atoms with E-state index < -0.39 is 38.3 Å². The van der Waals surface area contributed by atoms with Crippen molar-refractivity contribution in [1.82, 2.24) is 0 Å². The lowest BCUT2D eigenvalue weighted by atomic mass is 10.3. The number of hydrogen-bond donors (Lipinski definition) is 0. The highest BCUT2D eigenvalue weighted by Crippen LogP contribution is 2.24. The summed E-state index contributed by atoms with van der Waals surface area (Å²) in [6.45, 7) is 0. The van der Waals surface area contributed by atoms with E-state index in [4.69, 9.17) is 0 Å². The molecule has 0 N–H and O–H groups in total. The first-order chi connectivity index (χ1) is 7.13. The molecule has 1 rings (SSSR count). The highest BCUT2D eigenvalue weighted by molar-refractivity contribution is 7.91. The van der Waals surface area contributed by atoms with Gasteiger partial charge in [-0.15, -0.1) is 0 Å². The summed E-state index contributed by atoms with van der Waals surface area (Å²) >= 11 is 0. The minimum Gasteiger partial charge on any atom is -0.223 e. The fourth-order valence-electron chi connectivity index (χ4n) is 1.02. The Bertz CT molecular complexity index is 492. The standard InChI is InChI=1S/C8H5F5O2S/c9-5-2-1-3-6(7(5)10)16(14,15)4-8(11,12)13/h1-3H,4H2. The van der Waals surface area contributed by atoms with Crippen LogP contribution >= 0.6 is 0 Å². The normalized spacial score (nSPS) is 12.8. The molecule has 8 heteroatoms. The molecule has 0 aliphatic heterocycles. The lowest BCUT2D eigenvalue weighted by molar-refractivity contribution is -0.106. The molecular weight excluding hydrogens is 255 g/mol. The smallest absolute Gasteiger partial charge is 0.223 e. The van der Waals surface area contributed by atoms with Crippen LogP contribution in [0.15, 0.2) is 23.1 Å². The first-order valence-electron chi connectivity index (χ1n) is 3.87. The average Bonchev–Trinajstić information content (AvgIpc) is 2.05. The zero-order valence-electron chi connectivity index (χ0n) is 7.55. The second-order valence-electron chi connectivity index (χ2n) is 2.93. The van der Waals surface area contributed by atoms with E-state index in [1.807, 2.05) is 0 Å². The minimum absolute atomic E-state index is 0.583. The van der Waals surface area contributed by atoms with Crippen molar-refractivity contribution in [1.29, 1.82) is 0 Å². The first-order valence-corrected chi connectivity index (χ1v) is 5.52. The molecule has 0 fully saturated rings. The maximum absolute atomic E-state index is 13.0. The third-order valence-electron chi connectivity index (χ3n) is 1.60. The van der Waals surface area contributed by atoms with Crippen LogP contribution in [0.5, 0.6) is 0 Å². The Labute approximate surface area is 87.6 Å². The van der Waals surface area contributed by atoms with Crippen molar-refractivity contribution in [3.8, 4) is 0 Å². The van der Waals surface area contributed by atoms with Gasteiger partial charge in [0.25, 0.3) is 0 Å². The fourth-order valence-corrected chi connectivity index (χ4v) is 2.26. The molecule has 1 aromatic rings. The Morgan fingerprint density at radius 2 is 1.69 bits per heavy atom. The monoisotopic (exact) mass is 260 g/mol. The highest BCUT2D eigenvalue weighted by Gasteiger charge is 2.37. The van der Waals surface area contributed by atoms with E-state index >= 15 is 0 Å². The van der Waals surface area contributed by atoms with Gasteiger partial charge in [0.05, 0.1) is 0 Å². The summed E-state index contributed by atoms with van der Waals surface area (Å²) < 4.78 is 83.4. The van der Waals surface area contributed by atoms with E-state index in [9.17, 15) is 30.4 Å². The second-order valence-corrected chi connectivity index (χ2v) is 4.88. The van der Waals surface area contributed by atoms with Crippen LogP contribution in [-0.2, 0) is 9.84 Å². The summed E-state index contributed by atoms with van der Waals surface area (Å²) in [5.41, 5.74) is 0. The number of halogens is 5. The topological polar surface area (TPSA) is 34.1 Å². The van der Waals surface area contributed by atoms with E-state index in [1.54, 1.807) is 0 Å². The van der Waals surface area contributed by atoms with Crippen LogP contribution < -0.4 is 0 Å². The van der Waals surface area contributed by atoms with E-state index in [1.165, 1.54) is 0 Å². The van der Waals surface area contributed by atoms with Gasteiger partial charge in [0.15, 0.2) is 27.2 Å². The van der Waals surface area contributed by atoms with Crippen molar-refractivity contribution < 1.29 is 30.4 Å². The quantitative estimate of drug-likeness (QED) is 0.764. The molecule has 0 atom stereocenters. The maximum atomic E-state index is 13.0. The summed E-state index contributed by atoms with van der Waals surface area (Å²) in [6, 6.07) is 2.02. The van der Waals surface area contributed by atoms with Gasteiger partial charge in [-0.1, -0.05) is 6.07 Å². The molecule has 0 aliphatic carbocycles. The average molecular weight is 260 g/mol. The molecular formula is C8H5F5O2S. The van der Waals surface area contributed by atoms with Crippen molar-refractivity contribution in [2.45, 2.75) is 11.1 Å². The zero-order valence-corrected chi connectivity index (χ0v) is 8.37. The van der Waals surface area contributed by atoms with Gasteiger partial charge in [-0.3, -0.25) is 0 Å². The van der Waals surface area contributed by atoms with Crippen LogP contribution in [0, 0.1) is 11.6 Å². The predicted molar refractivity (Wildman–Crippen MR) is 44.5 cm³/mol. The van der Waals surface area contributed by atoms with Crippen LogP contribution in [-0.4, -0.2) is 20.3 Å². The number of hydrogen-bond acceptors (Lipinski definition) is 2. The second kappa shape index (κ2) is 4.00. The van der Waals surface area contributed by atoms with E-state index in [0.717, 1.165) is 6.07 Å². The van der Waals surface area contributed by atoms with Gasteiger partial charge in [-0.25, -0.2) is 17.2 Å². The van der Waals surface area contributed by atoms with Gasteiger partial charge in [0.1, 0.15) is 4.90 Å². The van der Waals surface area contributed by atoms with Crippen molar-refractivity contribution in [3.05, 3.63) is 29.8 Å². The third-order valence-corrected chi connectivity index (χ3v) is 3.30. The molecule has 0 radical (unpaired) electrons. The first kappa shape index (κ1) is 12.9. The van der Waals surface area contributed by atoms with E-state index in [2.05, 4.69) is 0 Å². The number of benzene rings is 1. The lowest BCUT2D eigenvalue weighted by Gasteiger charge is -2.08. The van der Waals surface area contributed by atoms with E-state index in [-0.39, 0.29) is 0 Å². The SMILES string of the molecule is O=S(=O)(CC(F)(F)F)c1cccc(F)c1F. The van der Waals surface area contributed by atoms with Gasteiger partial charge < -0.3 is 0 Å². The van der Waals surface area contributed by atoms with Crippen LogP contribution in [0.2, 0.25) is 0 Å². The molecule has 1 aromatic carbocycles. The Morgan fingerprint density at radius 1 is 1.12 bits per heavy atom. The number of sulfone groups is 1. The Morgan fingerprint density at radius 3 is 2.19 bits per heavy atom. The summed E-state index contributed by atoms with van der Waals surface area (Å²) in [4.78, 5) is -1.29. The van der Waals surface area contributed by atoms with Crippen LogP contribution in [0.25, 0.3) is 0 Å². The zero-order chi connectivity index (χ0) is 12.6. The van der Waals surface area contributed by atoms with Crippen molar-refractivity contribution in [2.75, 3.05) is 5.75 Å². The van der Waals surface area contributed by atoms with Gasteiger partial charge in [-0.05, 0) is 12.1 Å². The summed E-state index contributed by atoms with van der Waals surface area (Å²) in [6.07, 6.45) is -5.00. The summed E-state index contributed by atoms with van der Waals surface area (Å²) in [5, 5.41) is 0. The number of alkyl halides is 3. The van der Waals surface area contributed by atoms with Crippen LogP contribution in [0.4, 0.5) is 22.0 Å². The summed E-state index contributed by atoms with van der Waals surface area (Å²) in [7, 11) is -4.91. The van der Waals surface area contributed by atoms with Gasteiger partial charge in [0.2, 0.25) is 0 Å². The maximum Gasteiger partial charge on any atom is 0.403 e. The fraction of sp³-hybridized carbons (Fsp3) is 0.250. The molecule has 90 valence electrons. The molecule has 0 aromatic heterocycles. The molecule has 0 aliphatic rings. The van der Waals surface area contributed by atoms with Gasteiger partial charge >= 0.3 is 6.18 Å². The molecule has 2 nitrogen and oxygen atoms in total. The lowest BCUT2D eigenvalue weighted by Crippen LogP contribution is -2.23. The molecule has 0 saturated heterocycles. The van der Waals surface area contributed by atoms with Crippen molar-refractivity contribution >= 4 is 9.84 Å². The number of rotatable bonds is 2. The largest absolute Gasteiger partial charge is 0.403 e. The minimum atomic E-state index is -5.00. The summed E-state index contributed by atoms with van der Waals surface area (Å²) in [5.74, 6) is -5.53. The highest BCUT2D eigenvalue weighted by atomic mass is 32.2. The van der Waals surface area contributed by atoms with Crippen LogP contribution in [0.1, 0.15) is 0 Å². The Kier molecular flexibility index (Phi) is 3.22. The third kappa shape index (κ3) is 2.91. The molecule has 16 heavy (non-hydrogen) atoms. The van der Waals surface area contributed by atoms with Crippen molar-refractivity contribution in [2.24, 2.45) is 0 Å².